The van der Waals surface area contributed by atoms with Gasteiger partial charge in [0.05, 0.1) is 0 Å². The summed E-state index contributed by atoms with van der Waals surface area (Å²) in [5, 5.41) is 0. The van der Waals surface area contributed by atoms with E-state index < -0.39 is 8.07 Å². The molecule has 0 spiro atoms. The standard InChI is InChI=1S/C15H22Si/c1-15(2,3)14-10-8-7-9-13(14)11-12-16(4,5)6/h7-10H,1-6H3. The van der Waals surface area contributed by atoms with Gasteiger partial charge in [0.1, 0.15) is 8.07 Å². The molecule has 0 atom stereocenters. The molecule has 0 radical (unpaired) electrons. The summed E-state index contributed by atoms with van der Waals surface area (Å²) < 4.78 is 0. The Morgan fingerprint density at radius 2 is 1.56 bits per heavy atom. The quantitative estimate of drug-likeness (QED) is 0.462. The molecule has 0 saturated heterocycles. The first kappa shape index (κ1) is 13.1. The fourth-order valence-electron chi connectivity index (χ4n) is 1.50. The van der Waals surface area contributed by atoms with Crippen LogP contribution in [0.2, 0.25) is 19.6 Å². The molecule has 0 amide bonds. The van der Waals surface area contributed by atoms with Crippen LogP contribution in [0, 0.1) is 11.5 Å². The van der Waals surface area contributed by atoms with Gasteiger partial charge in [-0.15, -0.1) is 5.54 Å². The SMILES string of the molecule is CC(C)(C)c1ccccc1C#C[Si](C)(C)C. The molecule has 0 saturated carbocycles. The van der Waals surface area contributed by atoms with Gasteiger partial charge < -0.3 is 0 Å². The molecule has 0 aliphatic rings. The van der Waals surface area contributed by atoms with Crippen molar-refractivity contribution in [2.75, 3.05) is 0 Å². The Kier molecular flexibility index (Phi) is 3.65. The maximum atomic E-state index is 3.44. The smallest absolute Gasteiger partial charge is 0.127 e. The van der Waals surface area contributed by atoms with Crippen molar-refractivity contribution in [2.45, 2.75) is 45.8 Å². The van der Waals surface area contributed by atoms with Crippen LogP contribution in [-0.2, 0) is 5.41 Å². The largest absolute Gasteiger partial charge is 0.129 e. The van der Waals surface area contributed by atoms with Crippen molar-refractivity contribution in [3.05, 3.63) is 35.4 Å². The van der Waals surface area contributed by atoms with Crippen molar-refractivity contribution in [1.82, 2.24) is 0 Å². The highest BCUT2D eigenvalue weighted by atomic mass is 28.3. The van der Waals surface area contributed by atoms with Crippen LogP contribution >= 0.6 is 0 Å². The van der Waals surface area contributed by atoms with Gasteiger partial charge in [-0.2, -0.15) is 0 Å². The van der Waals surface area contributed by atoms with Crippen molar-refractivity contribution >= 4 is 8.07 Å². The van der Waals surface area contributed by atoms with Crippen LogP contribution in [-0.4, -0.2) is 8.07 Å². The summed E-state index contributed by atoms with van der Waals surface area (Å²) in [4.78, 5) is 0. The minimum atomic E-state index is -1.28. The highest BCUT2D eigenvalue weighted by molar-refractivity contribution is 6.83. The zero-order valence-electron chi connectivity index (χ0n) is 11.3. The average molecular weight is 230 g/mol. The summed E-state index contributed by atoms with van der Waals surface area (Å²) in [5.74, 6) is 3.37. The van der Waals surface area contributed by atoms with Crippen LogP contribution < -0.4 is 0 Å². The molecule has 0 bridgehead atoms. The molecule has 86 valence electrons. The van der Waals surface area contributed by atoms with E-state index in [1.165, 1.54) is 11.1 Å². The minimum absolute atomic E-state index is 0.171. The highest BCUT2D eigenvalue weighted by Gasteiger charge is 2.16. The first-order valence-corrected chi connectivity index (χ1v) is 9.33. The highest BCUT2D eigenvalue weighted by Crippen LogP contribution is 2.25. The van der Waals surface area contributed by atoms with Crippen molar-refractivity contribution in [3.63, 3.8) is 0 Å². The lowest BCUT2D eigenvalue weighted by atomic mass is 9.84. The number of hydrogen-bond donors (Lipinski definition) is 0. The second kappa shape index (κ2) is 4.47. The lowest BCUT2D eigenvalue weighted by molar-refractivity contribution is 0.589. The zero-order valence-corrected chi connectivity index (χ0v) is 12.3. The molecular weight excluding hydrogens is 208 g/mol. The summed E-state index contributed by atoms with van der Waals surface area (Å²) in [6.07, 6.45) is 0. The van der Waals surface area contributed by atoms with Gasteiger partial charge in [-0.05, 0) is 17.0 Å². The zero-order chi connectivity index (χ0) is 12.4. The molecule has 0 nitrogen and oxygen atoms in total. The third-order valence-electron chi connectivity index (χ3n) is 2.31. The summed E-state index contributed by atoms with van der Waals surface area (Å²) in [7, 11) is -1.28. The normalized spacial score (nSPS) is 11.9. The van der Waals surface area contributed by atoms with Gasteiger partial charge in [0.2, 0.25) is 0 Å². The van der Waals surface area contributed by atoms with E-state index in [0.29, 0.717) is 0 Å². The molecule has 1 rings (SSSR count). The molecule has 0 fully saturated rings. The van der Waals surface area contributed by atoms with Gasteiger partial charge in [-0.3, -0.25) is 0 Å². The van der Waals surface area contributed by atoms with Gasteiger partial charge in [0.15, 0.2) is 0 Å². The summed E-state index contributed by atoms with van der Waals surface area (Å²) in [6, 6.07) is 8.49. The Morgan fingerprint density at radius 1 is 1.00 bits per heavy atom. The van der Waals surface area contributed by atoms with Gasteiger partial charge in [-0.25, -0.2) is 0 Å². The Bertz CT molecular complexity index is 419. The van der Waals surface area contributed by atoms with E-state index >= 15 is 0 Å². The second-order valence-electron chi connectivity index (χ2n) is 6.30. The van der Waals surface area contributed by atoms with Crippen molar-refractivity contribution < 1.29 is 0 Å². The monoisotopic (exact) mass is 230 g/mol. The van der Waals surface area contributed by atoms with Crippen LogP contribution in [0.15, 0.2) is 24.3 Å². The number of rotatable bonds is 0. The minimum Gasteiger partial charge on any atom is -0.127 e. The predicted molar refractivity (Wildman–Crippen MR) is 75.4 cm³/mol. The Labute approximate surface area is 101 Å². The molecule has 0 unspecified atom stereocenters. The fourth-order valence-corrected chi connectivity index (χ4v) is 2.01. The summed E-state index contributed by atoms with van der Waals surface area (Å²) in [5.41, 5.74) is 6.15. The van der Waals surface area contributed by atoms with Gasteiger partial charge in [0.25, 0.3) is 0 Å². The Hall–Kier alpha value is -1.00. The molecule has 1 heteroatoms. The number of benzene rings is 1. The molecule has 1 aromatic rings. The van der Waals surface area contributed by atoms with Crippen LogP contribution in [0.3, 0.4) is 0 Å². The van der Waals surface area contributed by atoms with Crippen LogP contribution in [0.1, 0.15) is 31.9 Å². The maximum Gasteiger partial charge on any atom is 0.129 e. The van der Waals surface area contributed by atoms with Crippen molar-refractivity contribution in [1.29, 1.82) is 0 Å². The molecule has 0 N–H and O–H groups in total. The molecule has 0 aliphatic heterocycles. The number of hydrogen-bond acceptors (Lipinski definition) is 0. The maximum absolute atomic E-state index is 3.44. The fraction of sp³-hybridized carbons (Fsp3) is 0.467. The first-order chi connectivity index (χ1) is 7.20. The van der Waals surface area contributed by atoms with Crippen LogP contribution in [0.4, 0.5) is 0 Å². The molecule has 1 aromatic carbocycles. The summed E-state index contributed by atoms with van der Waals surface area (Å²) >= 11 is 0. The molecule has 16 heavy (non-hydrogen) atoms. The molecule has 0 aliphatic carbocycles. The predicted octanol–water partition coefficient (Wildman–Crippen LogP) is 4.21. The van der Waals surface area contributed by atoms with Crippen LogP contribution in [0.5, 0.6) is 0 Å². The van der Waals surface area contributed by atoms with E-state index in [0.717, 1.165) is 0 Å². The van der Waals surface area contributed by atoms with Crippen LogP contribution in [0.25, 0.3) is 0 Å². The van der Waals surface area contributed by atoms with E-state index in [4.69, 9.17) is 0 Å². The van der Waals surface area contributed by atoms with E-state index in [2.05, 4.69) is 76.1 Å². The average Bonchev–Trinajstić information content (AvgIpc) is 2.12. The molecule has 0 aromatic heterocycles. The van der Waals surface area contributed by atoms with Crippen molar-refractivity contribution in [2.24, 2.45) is 0 Å². The second-order valence-corrected chi connectivity index (χ2v) is 11.0. The van der Waals surface area contributed by atoms with Gasteiger partial charge in [0, 0.05) is 5.56 Å². The first-order valence-electron chi connectivity index (χ1n) is 5.83. The molecule has 0 heterocycles. The van der Waals surface area contributed by atoms with Gasteiger partial charge >= 0.3 is 0 Å². The topological polar surface area (TPSA) is 0 Å². The summed E-state index contributed by atoms with van der Waals surface area (Å²) in [6.45, 7) is 13.5. The Morgan fingerprint density at radius 3 is 2.06 bits per heavy atom. The van der Waals surface area contributed by atoms with Crippen molar-refractivity contribution in [3.8, 4) is 11.5 Å². The third kappa shape index (κ3) is 3.87. The molecular formula is C15H22Si. The third-order valence-corrected chi connectivity index (χ3v) is 3.18. The lowest BCUT2D eigenvalue weighted by Gasteiger charge is -2.20. The lowest BCUT2D eigenvalue weighted by Crippen LogP contribution is -2.17. The van der Waals surface area contributed by atoms with E-state index in [1.807, 2.05) is 0 Å². The van der Waals surface area contributed by atoms with E-state index in [1.54, 1.807) is 0 Å². The Balaban J connectivity index is 3.19. The van der Waals surface area contributed by atoms with E-state index in [-0.39, 0.29) is 5.41 Å². The van der Waals surface area contributed by atoms with Gasteiger partial charge in [-0.1, -0.05) is 64.5 Å². The van der Waals surface area contributed by atoms with E-state index in [9.17, 15) is 0 Å².